The number of H-pyrrole nitrogens is 1. The van der Waals surface area contributed by atoms with Crippen molar-refractivity contribution in [2.45, 2.75) is 42.9 Å². The van der Waals surface area contributed by atoms with E-state index in [1.165, 1.54) is 0 Å². The number of hydrogen-bond donors (Lipinski definition) is 2. The Hall–Kier alpha value is -2.64. The second-order valence-corrected chi connectivity index (χ2v) is 9.85. The maximum Gasteiger partial charge on any atom is 0.296 e. The fourth-order valence-electron chi connectivity index (χ4n) is 4.62. The molecule has 37 heavy (non-hydrogen) atoms. The number of aromatic amines is 1. The van der Waals surface area contributed by atoms with Crippen LogP contribution < -0.4 is 9.47 Å². The first-order valence-electron chi connectivity index (χ1n) is 11.8. The highest BCUT2D eigenvalue weighted by molar-refractivity contribution is 6.31. The van der Waals surface area contributed by atoms with Gasteiger partial charge in [-0.2, -0.15) is 4.98 Å². The van der Waals surface area contributed by atoms with Crippen molar-refractivity contribution < 1.29 is 42.0 Å². The first-order valence-corrected chi connectivity index (χ1v) is 12.2. The molecule has 5 heterocycles. The van der Waals surface area contributed by atoms with Gasteiger partial charge in [0, 0.05) is 17.7 Å². The Kier molecular flexibility index (Phi) is 6.40. The summed E-state index contributed by atoms with van der Waals surface area (Å²) in [6.07, 6.45) is -1.86. The molecule has 9 nitrogen and oxygen atoms in total. The summed E-state index contributed by atoms with van der Waals surface area (Å²) in [6, 6.07) is 3.86. The van der Waals surface area contributed by atoms with Gasteiger partial charge in [-0.25, -0.2) is 18.2 Å². The number of aliphatic hydroxyl groups excluding tert-OH is 1. The maximum atomic E-state index is 14.6. The normalized spacial score (nSPS) is 26.3. The SMILES string of the molecule is O[C@@H]1CO[C@H]2[C@@H]1OC[C@H]2Oc1nc2nc(CCc3c(F)cc(OCC4(F)COC4)cc3F)c(Cl)cc2[nH]1. The number of imidazole rings is 1. The third kappa shape index (κ3) is 4.84. The fraction of sp³-hybridized carbons (Fsp3) is 0.500. The lowest BCUT2D eigenvalue weighted by molar-refractivity contribution is -0.146. The highest BCUT2D eigenvalue weighted by Gasteiger charge is 2.48. The van der Waals surface area contributed by atoms with Gasteiger partial charge in [0.1, 0.15) is 42.3 Å². The van der Waals surface area contributed by atoms with Crippen molar-refractivity contribution in [2.75, 3.05) is 33.0 Å². The van der Waals surface area contributed by atoms with E-state index < -0.39 is 41.7 Å². The van der Waals surface area contributed by atoms with Crippen molar-refractivity contribution in [3.8, 4) is 11.8 Å². The van der Waals surface area contributed by atoms with E-state index in [9.17, 15) is 18.3 Å². The number of alkyl halides is 1. The molecule has 3 aromatic rings. The number of aryl methyl sites for hydroxylation is 1. The van der Waals surface area contributed by atoms with E-state index in [2.05, 4.69) is 15.0 Å². The van der Waals surface area contributed by atoms with E-state index in [0.717, 1.165) is 12.1 Å². The van der Waals surface area contributed by atoms with Crippen LogP contribution in [0, 0.1) is 11.6 Å². The van der Waals surface area contributed by atoms with Gasteiger partial charge in [0.2, 0.25) is 0 Å². The van der Waals surface area contributed by atoms with E-state index >= 15 is 0 Å². The molecule has 3 fully saturated rings. The van der Waals surface area contributed by atoms with Crippen molar-refractivity contribution in [3.05, 3.63) is 46.1 Å². The Bertz CT molecular complexity index is 1300. The van der Waals surface area contributed by atoms with Gasteiger partial charge in [0.25, 0.3) is 6.01 Å². The molecule has 4 atom stereocenters. The van der Waals surface area contributed by atoms with E-state index in [1.807, 2.05) is 0 Å². The number of nitrogens with zero attached hydrogens (tertiary/aromatic N) is 2. The van der Waals surface area contributed by atoms with Gasteiger partial charge >= 0.3 is 0 Å². The Morgan fingerprint density at radius 3 is 2.57 bits per heavy atom. The highest BCUT2D eigenvalue weighted by atomic mass is 35.5. The number of halogens is 4. The van der Waals surface area contributed by atoms with Gasteiger partial charge in [0.05, 0.1) is 42.7 Å². The average molecular weight is 542 g/mol. The lowest BCUT2D eigenvalue weighted by Gasteiger charge is -2.33. The van der Waals surface area contributed by atoms with Crippen molar-refractivity contribution in [3.63, 3.8) is 0 Å². The summed E-state index contributed by atoms with van der Waals surface area (Å²) < 4.78 is 70.3. The van der Waals surface area contributed by atoms with E-state index in [4.69, 9.17) is 35.3 Å². The molecule has 0 unspecified atom stereocenters. The zero-order chi connectivity index (χ0) is 25.7. The number of hydrogen-bond acceptors (Lipinski definition) is 8. The van der Waals surface area contributed by atoms with Crippen LogP contribution in [-0.2, 0) is 27.1 Å². The van der Waals surface area contributed by atoms with E-state index in [-0.39, 0.29) is 63.2 Å². The van der Waals surface area contributed by atoms with Crippen LogP contribution in [0.25, 0.3) is 11.2 Å². The molecule has 13 heteroatoms. The van der Waals surface area contributed by atoms with Crippen LogP contribution >= 0.6 is 11.6 Å². The number of aliphatic hydroxyl groups is 1. The molecule has 0 amide bonds. The first kappa shape index (κ1) is 24.7. The average Bonchev–Trinajstić information content (AvgIpc) is 3.52. The smallest absolute Gasteiger partial charge is 0.296 e. The minimum Gasteiger partial charge on any atom is -0.490 e. The molecule has 3 aliphatic rings. The lowest BCUT2D eigenvalue weighted by atomic mass is 10.1. The van der Waals surface area contributed by atoms with Crippen LogP contribution in [0.1, 0.15) is 11.3 Å². The minimum absolute atomic E-state index is 0.0208. The lowest BCUT2D eigenvalue weighted by Crippen LogP contribution is -2.50. The van der Waals surface area contributed by atoms with E-state index in [1.54, 1.807) is 6.07 Å². The molecular formula is C24H23ClF3N3O6. The van der Waals surface area contributed by atoms with Gasteiger partial charge in [0.15, 0.2) is 17.4 Å². The highest BCUT2D eigenvalue weighted by Crippen LogP contribution is 2.31. The van der Waals surface area contributed by atoms with Crippen LogP contribution in [0.15, 0.2) is 18.2 Å². The number of fused-ring (bicyclic) bond motifs is 2. The van der Waals surface area contributed by atoms with Crippen LogP contribution in [0.2, 0.25) is 5.02 Å². The molecule has 2 N–H and O–H groups in total. The van der Waals surface area contributed by atoms with Gasteiger partial charge in [-0.05, 0) is 18.9 Å². The molecule has 0 saturated carbocycles. The third-order valence-electron chi connectivity index (χ3n) is 6.67. The summed E-state index contributed by atoms with van der Waals surface area (Å²) in [5, 5.41) is 10.2. The molecule has 3 aliphatic heterocycles. The van der Waals surface area contributed by atoms with Crippen molar-refractivity contribution >= 4 is 22.8 Å². The number of rotatable bonds is 8. The molecular weight excluding hydrogens is 519 g/mol. The third-order valence-corrected chi connectivity index (χ3v) is 7.00. The summed E-state index contributed by atoms with van der Waals surface area (Å²) in [6.45, 7) is -0.129. The molecule has 1 aromatic carbocycles. The minimum atomic E-state index is -1.63. The van der Waals surface area contributed by atoms with Crippen LogP contribution in [-0.4, -0.2) is 83.2 Å². The quantitative estimate of drug-likeness (QED) is 0.448. The standard InChI is InChI=1S/C24H23ClF3N3O6/c25-13-5-17-22(31-23(30-17)37-19-7-35-20-18(32)6-34-21(19)20)29-16(13)2-1-12-14(26)3-11(4-15(12)27)36-10-24(28)8-33-9-24/h3-5,18-21,32H,1-2,6-10H2,(H,29,30,31)/t18-,19-,20-,21-/m1/s1. The summed E-state index contributed by atoms with van der Waals surface area (Å²) in [7, 11) is 0. The second-order valence-electron chi connectivity index (χ2n) is 9.45. The maximum absolute atomic E-state index is 14.6. The van der Waals surface area contributed by atoms with Crippen molar-refractivity contribution in [1.82, 2.24) is 15.0 Å². The van der Waals surface area contributed by atoms with Gasteiger partial charge in [-0.1, -0.05) is 11.6 Å². The zero-order valence-corrected chi connectivity index (χ0v) is 20.1. The Morgan fingerprint density at radius 2 is 1.84 bits per heavy atom. The number of nitrogens with one attached hydrogen (secondary N) is 1. The van der Waals surface area contributed by atoms with E-state index in [0.29, 0.717) is 21.9 Å². The predicted molar refractivity (Wildman–Crippen MR) is 123 cm³/mol. The molecule has 0 spiro atoms. The van der Waals surface area contributed by atoms with Crippen LogP contribution in [0.4, 0.5) is 13.2 Å². The number of ether oxygens (including phenoxy) is 5. The molecule has 0 radical (unpaired) electrons. The first-order chi connectivity index (χ1) is 17.8. The Morgan fingerprint density at radius 1 is 1.08 bits per heavy atom. The summed E-state index contributed by atoms with van der Waals surface area (Å²) in [4.78, 5) is 11.8. The summed E-state index contributed by atoms with van der Waals surface area (Å²) >= 11 is 6.37. The molecule has 0 aliphatic carbocycles. The van der Waals surface area contributed by atoms with Gasteiger partial charge in [-0.15, -0.1) is 0 Å². The topological polar surface area (TPSA) is 108 Å². The number of benzene rings is 1. The monoisotopic (exact) mass is 541 g/mol. The number of pyridine rings is 1. The fourth-order valence-corrected chi connectivity index (χ4v) is 4.86. The Balaban J connectivity index is 1.12. The van der Waals surface area contributed by atoms with Crippen molar-refractivity contribution in [2.24, 2.45) is 0 Å². The van der Waals surface area contributed by atoms with Crippen LogP contribution in [0.3, 0.4) is 0 Å². The number of aromatic nitrogens is 3. The summed E-state index contributed by atoms with van der Waals surface area (Å²) in [5.74, 6) is -1.71. The molecule has 3 saturated heterocycles. The molecule has 2 aromatic heterocycles. The summed E-state index contributed by atoms with van der Waals surface area (Å²) in [5.41, 5.74) is -0.547. The predicted octanol–water partition coefficient (Wildman–Crippen LogP) is 2.70. The van der Waals surface area contributed by atoms with Crippen LogP contribution in [0.5, 0.6) is 11.8 Å². The molecule has 6 rings (SSSR count). The van der Waals surface area contributed by atoms with Crippen molar-refractivity contribution in [1.29, 1.82) is 0 Å². The Labute approximate surface area is 213 Å². The van der Waals surface area contributed by atoms with Gasteiger partial charge < -0.3 is 33.8 Å². The zero-order valence-electron chi connectivity index (χ0n) is 19.4. The largest absolute Gasteiger partial charge is 0.490 e. The molecule has 0 bridgehead atoms. The second kappa shape index (κ2) is 9.59. The van der Waals surface area contributed by atoms with Gasteiger partial charge in [-0.3, -0.25) is 0 Å². The molecule has 198 valence electrons.